The van der Waals surface area contributed by atoms with Crippen LogP contribution in [0.1, 0.15) is 13.8 Å². The molecule has 0 aromatic heterocycles. The lowest BCUT2D eigenvalue weighted by Crippen LogP contribution is -2.42. The van der Waals surface area contributed by atoms with Crippen LogP contribution in [0.5, 0.6) is 0 Å². The third-order valence-corrected chi connectivity index (χ3v) is 1.63. The van der Waals surface area contributed by atoms with Crippen LogP contribution >= 0.6 is 0 Å². The highest BCUT2D eigenvalue weighted by Gasteiger charge is 2.32. The molecule has 0 unspecified atom stereocenters. The van der Waals surface area contributed by atoms with Gasteiger partial charge in [-0.1, -0.05) is 0 Å². The maximum atomic E-state index is 12.1. The summed E-state index contributed by atoms with van der Waals surface area (Å²) in [5.41, 5.74) is 0. The number of ether oxygens (including phenoxy) is 1. The minimum absolute atomic E-state index is 0.231. The van der Waals surface area contributed by atoms with Crippen LogP contribution < -0.4 is 0 Å². The molecule has 16 heavy (non-hydrogen) atoms. The fraction of sp³-hybridized carbons (Fsp3) is 0.889. The Kier molecular flexibility index (Phi) is 6.35. The summed E-state index contributed by atoms with van der Waals surface area (Å²) in [6.07, 6.45) is -4.70. The molecule has 7 heteroatoms. The zero-order valence-corrected chi connectivity index (χ0v) is 9.25. The van der Waals surface area contributed by atoms with Crippen LogP contribution in [0.15, 0.2) is 0 Å². The predicted molar refractivity (Wildman–Crippen MR) is 50.8 cm³/mol. The summed E-state index contributed by atoms with van der Waals surface area (Å²) in [5, 5.41) is 8.56. The number of carbonyl (C=O) groups excluding carboxylic acids is 1. The number of alkyl halides is 3. The molecule has 0 bridgehead atoms. The fourth-order valence-electron chi connectivity index (χ4n) is 0.958. The average Bonchev–Trinajstić information content (AvgIpc) is 2.11. The van der Waals surface area contributed by atoms with E-state index < -0.39 is 31.8 Å². The molecule has 0 saturated carbocycles. The first-order valence-corrected chi connectivity index (χ1v) is 4.83. The summed E-state index contributed by atoms with van der Waals surface area (Å²) >= 11 is 0. The van der Waals surface area contributed by atoms with Gasteiger partial charge in [-0.15, -0.1) is 0 Å². The molecule has 0 aromatic rings. The minimum Gasteiger partial charge on any atom is -0.395 e. The Labute approximate surface area is 92.0 Å². The predicted octanol–water partition coefficient (Wildman–Crippen LogP) is 0.795. The van der Waals surface area contributed by atoms with Crippen LogP contribution in [0, 0.1) is 0 Å². The lowest BCUT2D eigenvalue weighted by atomic mass is 10.4. The van der Waals surface area contributed by atoms with Crippen LogP contribution in [0.2, 0.25) is 0 Å². The van der Waals surface area contributed by atoms with Gasteiger partial charge in [0, 0.05) is 6.54 Å². The van der Waals surface area contributed by atoms with Gasteiger partial charge in [0.15, 0.2) is 0 Å². The maximum absolute atomic E-state index is 12.1. The van der Waals surface area contributed by atoms with E-state index in [2.05, 4.69) is 0 Å². The van der Waals surface area contributed by atoms with E-state index in [1.165, 1.54) is 0 Å². The molecule has 0 aliphatic rings. The monoisotopic (exact) mass is 243 g/mol. The smallest absolute Gasteiger partial charge is 0.395 e. The molecular weight excluding hydrogens is 227 g/mol. The number of carbonyl (C=O) groups is 1. The molecule has 0 fully saturated rings. The molecule has 1 N–H and O–H groups in total. The number of nitrogens with zero attached hydrogens (tertiary/aromatic N) is 1. The third-order valence-electron chi connectivity index (χ3n) is 1.63. The van der Waals surface area contributed by atoms with Gasteiger partial charge in [0.05, 0.1) is 12.7 Å². The summed E-state index contributed by atoms with van der Waals surface area (Å²) in [4.78, 5) is 11.8. The highest BCUT2D eigenvalue weighted by Crippen LogP contribution is 2.16. The summed E-state index contributed by atoms with van der Waals surface area (Å²) < 4.78 is 41.1. The van der Waals surface area contributed by atoms with Crippen molar-refractivity contribution in [1.29, 1.82) is 0 Å². The number of hydrogen-bond donors (Lipinski definition) is 1. The van der Waals surface area contributed by atoms with Crippen LogP contribution in [0.4, 0.5) is 13.2 Å². The van der Waals surface area contributed by atoms with Gasteiger partial charge in [-0.3, -0.25) is 4.79 Å². The van der Waals surface area contributed by atoms with Gasteiger partial charge >= 0.3 is 6.18 Å². The summed E-state index contributed by atoms with van der Waals surface area (Å²) in [6, 6.07) is 0. The maximum Gasteiger partial charge on any atom is 0.406 e. The van der Waals surface area contributed by atoms with Crippen LogP contribution in [-0.4, -0.2) is 54.5 Å². The second kappa shape index (κ2) is 6.70. The number of aliphatic hydroxyl groups is 1. The van der Waals surface area contributed by atoms with Crippen molar-refractivity contribution in [2.45, 2.75) is 26.1 Å². The van der Waals surface area contributed by atoms with E-state index in [0.29, 0.717) is 4.90 Å². The molecule has 0 aliphatic carbocycles. The first kappa shape index (κ1) is 15.2. The standard InChI is InChI=1S/C9H16F3NO3/c1-7(2)16-5-8(15)13(3-4-14)6-9(10,11)12/h7,14H,3-6H2,1-2H3. The SMILES string of the molecule is CC(C)OCC(=O)N(CCO)CC(F)(F)F. The molecule has 0 radical (unpaired) electrons. The molecule has 0 saturated heterocycles. The number of hydrogen-bond acceptors (Lipinski definition) is 3. The molecule has 0 atom stereocenters. The van der Waals surface area contributed by atoms with Gasteiger partial charge in [0.25, 0.3) is 0 Å². The number of rotatable bonds is 6. The van der Waals surface area contributed by atoms with Gasteiger partial charge in [-0.2, -0.15) is 13.2 Å². The summed E-state index contributed by atoms with van der Waals surface area (Å²) in [5.74, 6) is -0.778. The van der Waals surface area contributed by atoms with Crippen molar-refractivity contribution in [3.8, 4) is 0 Å². The third kappa shape index (κ3) is 7.47. The van der Waals surface area contributed by atoms with Crippen molar-refractivity contribution in [2.24, 2.45) is 0 Å². The first-order chi connectivity index (χ1) is 7.26. The lowest BCUT2D eigenvalue weighted by Gasteiger charge is -2.23. The quantitative estimate of drug-likeness (QED) is 0.750. The van der Waals surface area contributed by atoms with E-state index in [-0.39, 0.29) is 12.6 Å². The number of aliphatic hydroxyl groups excluding tert-OH is 1. The average molecular weight is 243 g/mol. The van der Waals surface area contributed by atoms with E-state index in [1.54, 1.807) is 13.8 Å². The van der Waals surface area contributed by atoms with Gasteiger partial charge < -0.3 is 14.7 Å². The van der Waals surface area contributed by atoms with Crippen LogP contribution in [0.25, 0.3) is 0 Å². The molecule has 0 aliphatic heterocycles. The lowest BCUT2D eigenvalue weighted by molar-refractivity contribution is -0.165. The van der Waals surface area contributed by atoms with Gasteiger partial charge in [-0.25, -0.2) is 0 Å². The number of halogens is 3. The van der Waals surface area contributed by atoms with E-state index in [4.69, 9.17) is 9.84 Å². The Balaban J connectivity index is 4.24. The van der Waals surface area contributed by atoms with E-state index in [1.807, 2.05) is 0 Å². The zero-order chi connectivity index (χ0) is 12.8. The highest BCUT2D eigenvalue weighted by atomic mass is 19.4. The molecule has 1 amide bonds. The zero-order valence-electron chi connectivity index (χ0n) is 9.25. The van der Waals surface area contributed by atoms with Crippen molar-refractivity contribution in [2.75, 3.05) is 26.3 Å². The van der Waals surface area contributed by atoms with E-state index in [0.717, 1.165) is 0 Å². The van der Waals surface area contributed by atoms with Crippen LogP contribution in [0.3, 0.4) is 0 Å². The Bertz CT molecular complexity index is 219. The molecule has 96 valence electrons. The Morgan fingerprint density at radius 2 is 2.00 bits per heavy atom. The number of amides is 1. The largest absolute Gasteiger partial charge is 0.406 e. The topological polar surface area (TPSA) is 49.8 Å². The molecule has 0 aromatic carbocycles. The Morgan fingerprint density at radius 1 is 1.44 bits per heavy atom. The highest BCUT2D eigenvalue weighted by molar-refractivity contribution is 5.77. The van der Waals surface area contributed by atoms with Gasteiger partial charge in [-0.05, 0) is 13.8 Å². The van der Waals surface area contributed by atoms with Crippen LogP contribution in [-0.2, 0) is 9.53 Å². The Morgan fingerprint density at radius 3 is 2.38 bits per heavy atom. The van der Waals surface area contributed by atoms with Gasteiger partial charge in [0.1, 0.15) is 13.2 Å². The molecule has 0 spiro atoms. The fourth-order valence-corrected chi connectivity index (χ4v) is 0.958. The molecular formula is C9H16F3NO3. The molecule has 0 rings (SSSR count). The van der Waals surface area contributed by atoms with Crippen molar-refractivity contribution >= 4 is 5.91 Å². The Hall–Kier alpha value is -0.820. The van der Waals surface area contributed by atoms with Crippen molar-refractivity contribution in [1.82, 2.24) is 4.90 Å². The van der Waals surface area contributed by atoms with Crippen molar-refractivity contribution < 1.29 is 27.8 Å². The normalized spacial score (nSPS) is 11.9. The van der Waals surface area contributed by atoms with E-state index in [9.17, 15) is 18.0 Å². The van der Waals surface area contributed by atoms with E-state index >= 15 is 0 Å². The second-order valence-electron chi connectivity index (χ2n) is 3.51. The second-order valence-corrected chi connectivity index (χ2v) is 3.51. The molecule has 0 heterocycles. The summed E-state index contributed by atoms with van der Waals surface area (Å²) in [7, 11) is 0. The van der Waals surface area contributed by atoms with Gasteiger partial charge in [0.2, 0.25) is 5.91 Å². The summed E-state index contributed by atoms with van der Waals surface area (Å²) in [6.45, 7) is 0.714. The van der Waals surface area contributed by atoms with Crippen molar-refractivity contribution in [3.63, 3.8) is 0 Å². The minimum atomic E-state index is -4.47. The first-order valence-electron chi connectivity index (χ1n) is 4.83. The van der Waals surface area contributed by atoms with Crippen molar-refractivity contribution in [3.05, 3.63) is 0 Å². The molecule has 4 nitrogen and oxygen atoms in total.